The number of esters is 2. The minimum atomic E-state index is -0.386. The first-order chi connectivity index (χ1) is 18.5. The fraction of sp³-hybridized carbons (Fsp3) is 0.258. The number of para-hydroxylation sites is 1. The summed E-state index contributed by atoms with van der Waals surface area (Å²) >= 11 is 0. The third-order valence-electron chi connectivity index (χ3n) is 6.34. The van der Waals surface area contributed by atoms with Gasteiger partial charge in [-0.3, -0.25) is 4.57 Å². The van der Waals surface area contributed by atoms with Crippen molar-refractivity contribution in [3.63, 3.8) is 0 Å². The lowest BCUT2D eigenvalue weighted by atomic mass is 10.1. The number of rotatable bonds is 11. The number of methoxy groups -OCH3 is 1. The highest BCUT2D eigenvalue weighted by atomic mass is 16.5. The summed E-state index contributed by atoms with van der Waals surface area (Å²) in [5.74, 6) is 0.200. The summed E-state index contributed by atoms with van der Waals surface area (Å²) in [6.45, 7) is 4.78. The van der Waals surface area contributed by atoms with Crippen LogP contribution in [0.15, 0.2) is 79.0 Å². The first-order valence-electron chi connectivity index (χ1n) is 12.8. The van der Waals surface area contributed by atoms with Gasteiger partial charge in [0.15, 0.2) is 0 Å². The van der Waals surface area contributed by atoms with Gasteiger partial charge in [0.2, 0.25) is 0 Å². The Morgan fingerprint density at radius 1 is 0.974 bits per heavy atom. The maximum atomic E-state index is 12.9. The van der Waals surface area contributed by atoms with E-state index in [4.69, 9.17) is 14.5 Å². The molecule has 1 heterocycles. The number of carbonyl (C=O) groups excluding carboxylic acids is 2. The normalized spacial score (nSPS) is 10.7. The molecule has 0 saturated carbocycles. The quantitative estimate of drug-likeness (QED) is 0.239. The van der Waals surface area contributed by atoms with Crippen LogP contribution in [0.2, 0.25) is 0 Å². The van der Waals surface area contributed by atoms with E-state index in [0.29, 0.717) is 23.4 Å². The molecule has 0 fully saturated rings. The lowest BCUT2D eigenvalue weighted by Crippen LogP contribution is -2.13. The molecule has 0 aliphatic heterocycles. The number of carbonyl (C=O) groups is 2. The fourth-order valence-corrected chi connectivity index (χ4v) is 4.31. The van der Waals surface area contributed by atoms with Gasteiger partial charge in [0.1, 0.15) is 12.4 Å². The number of hydrogen-bond donors (Lipinski definition) is 1. The van der Waals surface area contributed by atoms with Crippen LogP contribution in [0.3, 0.4) is 0 Å². The molecule has 7 nitrogen and oxygen atoms in total. The number of aryl methyl sites for hydroxylation is 2. The molecule has 0 aliphatic rings. The zero-order chi connectivity index (χ0) is 26.9. The maximum Gasteiger partial charge on any atom is 0.340 e. The van der Waals surface area contributed by atoms with Crippen LogP contribution in [0.25, 0.3) is 5.69 Å². The van der Waals surface area contributed by atoms with E-state index in [1.54, 1.807) is 12.1 Å². The predicted octanol–water partition coefficient (Wildman–Crippen LogP) is 6.28. The molecule has 196 valence electrons. The lowest BCUT2D eigenvalue weighted by Gasteiger charge is -2.17. The van der Waals surface area contributed by atoms with Gasteiger partial charge >= 0.3 is 11.9 Å². The zero-order valence-electron chi connectivity index (χ0n) is 22.1. The van der Waals surface area contributed by atoms with E-state index in [2.05, 4.69) is 16.8 Å². The molecule has 4 aromatic rings. The Balaban J connectivity index is 1.57. The number of ether oxygens (including phenoxy) is 2. The average Bonchev–Trinajstić information content (AvgIpc) is 3.36. The fourth-order valence-electron chi connectivity index (χ4n) is 4.31. The lowest BCUT2D eigenvalue weighted by molar-refractivity contribution is 0.0473. The highest BCUT2D eigenvalue weighted by Gasteiger charge is 2.17. The van der Waals surface area contributed by atoms with Gasteiger partial charge < -0.3 is 14.8 Å². The van der Waals surface area contributed by atoms with Crippen molar-refractivity contribution in [3.05, 3.63) is 113 Å². The molecule has 0 saturated heterocycles. The summed E-state index contributed by atoms with van der Waals surface area (Å²) in [7, 11) is 1.38. The summed E-state index contributed by atoms with van der Waals surface area (Å²) in [6, 6.07) is 22.5. The van der Waals surface area contributed by atoms with Crippen molar-refractivity contribution < 1.29 is 19.1 Å². The maximum absolute atomic E-state index is 12.9. The third-order valence-corrected chi connectivity index (χ3v) is 6.34. The highest BCUT2D eigenvalue weighted by Crippen LogP contribution is 2.24. The summed E-state index contributed by atoms with van der Waals surface area (Å²) < 4.78 is 12.6. The minimum absolute atomic E-state index is 0.211. The molecule has 1 aromatic heterocycles. The molecule has 0 bridgehead atoms. The SMILES string of the molecule is CCCCc1ncc(CNc2ccccc2C(=O)OCc2ccccc2)n1-c1ccc(C(=O)OC)cc1C. The Morgan fingerprint density at radius 2 is 1.74 bits per heavy atom. The number of anilines is 1. The molecule has 4 rings (SSSR count). The number of benzene rings is 3. The first-order valence-corrected chi connectivity index (χ1v) is 12.8. The summed E-state index contributed by atoms with van der Waals surface area (Å²) in [4.78, 5) is 29.6. The van der Waals surface area contributed by atoms with E-state index in [1.807, 2.05) is 73.8 Å². The van der Waals surface area contributed by atoms with Gasteiger partial charge in [-0.05, 0) is 54.8 Å². The molecule has 7 heteroatoms. The van der Waals surface area contributed by atoms with Crippen molar-refractivity contribution in [1.29, 1.82) is 0 Å². The number of nitrogens with one attached hydrogen (secondary N) is 1. The molecule has 0 amide bonds. The predicted molar refractivity (Wildman–Crippen MR) is 148 cm³/mol. The molecule has 0 radical (unpaired) electrons. The Bertz CT molecular complexity index is 1400. The molecule has 0 unspecified atom stereocenters. The van der Waals surface area contributed by atoms with E-state index in [9.17, 15) is 9.59 Å². The van der Waals surface area contributed by atoms with Crippen molar-refractivity contribution >= 4 is 17.6 Å². The molecule has 3 aromatic carbocycles. The molecular formula is C31H33N3O4. The monoisotopic (exact) mass is 511 g/mol. The van der Waals surface area contributed by atoms with E-state index in [1.165, 1.54) is 7.11 Å². The van der Waals surface area contributed by atoms with Crippen molar-refractivity contribution in [1.82, 2.24) is 9.55 Å². The van der Waals surface area contributed by atoms with E-state index < -0.39 is 0 Å². The number of nitrogens with zero attached hydrogens (tertiary/aromatic N) is 2. The van der Waals surface area contributed by atoms with Gasteiger partial charge in [-0.1, -0.05) is 55.8 Å². The van der Waals surface area contributed by atoms with E-state index in [-0.39, 0.29) is 18.5 Å². The van der Waals surface area contributed by atoms with Gasteiger partial charge in [-0.25, -0.2) is 14.6 Å². The Hall–Kier alpha value is -4.39. The summed E-state index contributed by atoms with van der Waals surface area (Å²) in [5.41, 5.74) is 5.43. The second-order valence-corrected chi connectivity index (χ2v) is 9.06. The Morgan fingerprint density at radius 3 is 2.47 bits per heavy atom. The summed E-state index contributed by atoms with van der Waals surface area (Å²) in [6.07, 6.45) is 4.76. The Labute approximate surface area is 223 Å². The topological polar surface area (TPSA) is 82.5 Å². The van der Waals surface area contributed by atoms with Crippen molar-refractivity contribution in [2.75, 3.05) is 12.4 Å². The highest BCUT2D eigenvalue weighted by molar-refractivity contribution is 5.95. The van der Waals surface area contributed by atoms with Gasteiger partial charge in [-0.2, -0.15) is 0 Å². The van der Waals surface area contributed by atoms with Crippen molar-refractivity contribution in [2.24, 2.45) is 0 Å². The number of imidazole rings is 1. The average molecular weight is 512 g/mol. The minimum Gasteiger partial charge on any atom is -0.465 e. The van der Waals surface area contributed by atoms with Gasteiger partial charge in [0.05, 0.1) is 42.4 Å². The van der Waals surface area contributed by atoms with Crippen molar-refractivity contribution in [2.45, 2.75) is 46.3 Å². The Kier molecular flexibility index (Phi) is 8.93. The van der Waals surface area contributed by atoms with Gasteiger partial charge in [-0.15, -0.1) is 0 Å². The number of aromatic nitrogens is 2. The summed E-state index contributed by atoms with van der Waals surface area (Å²) in [5, 5.41) is 3.41. The van der Waals surface area contributed by atoms with Crippen LogP contribution in [0, 0.1) is 6.92 Å². The van der Waals surface area contributed by atoms with Gasteiger partial charge in [0, 0.05) is 12.1 Å². The zero-order valence-corrected chi connectivity index (χ0v) is 22.1. The van der Waals surface area contributed by atoms with Crippen LogP contribution in [0.4, 0.5) is 5.69 Å². The first kappa shape index (κ1) is 26.7. The molecule has 38 heavy (non-hydrogen) atoms. The molecular weight excluding hydrogens is 478 g/mol. The van der Waals surface area contributed by atoms with Crippen molar-refractivity contribution in [3.8, 4) is 5.69 Å². The second kappa shape index (κ2) is 12.7. The third kappa shape index (κ3) is 6.29. The molecule has 0 aliphatic carbocycles. The standard InChI is InChI=1S/C31H33N3O4/c1-4-5-15-29-33-20-25(34(29)28-17-16-24(18-22(28)2)30(35)37-3)19-32-27-14-10-9-13-26(27)31(36)38-21-23-11-7-6-8-12-23/h6-14,16-18,20,32H,4-5,15,19,21H2,1-3H3. The smallest absolute Gasteiger partial charge is 0.340 e. The van der Waals surface area contributed by atoms with Crippen LogP contribution in [0.1, 0.15) is 63.1 Å². The van der Waals surface area contributed by atoms with Crippen LogP contribution >= 0.6 is 0 Å². The van der Waals surface area contributed by atoms with Crippen LogP contribution in [0.5, 0.6) is 0 Å². The number of hydrogen-bond acceptors (Lipinski definition) is 6. The van der Waals surface area contributed by atoms with Gasteiger partial charge in [0.25, 0.3) is 0 Å². The van der Waals surface area contributed by atoms with Crippen LogP contribution < -0.4 is 5.32 Å². The molecule has 0 atom stereocenters. The number of unbranched alkanes of at least 4 members (excludes halogenated alkanes) is 1. The van der Waals surface area contributed by atoms with E-state index >= 15 is 0 Å². The molecule has 1 N–H and O–H groups in total. The van der Waals surface area contributed by atoms with E-state index in [0.717, 1.165) is 47.6 Å². The van der Waals surface area contributed by atoms with Crippen LogP contribution in [-0.2, 0) is 29.0 Å². The molecule has 0 spiro atoms. The second-order valence-electron chi connectivity index (χ2n) is 9.06. The largest absolute Gasteiger partial charge is 0.465 e. The van der Waals surface area contributed by atoms with Crippen LogP contribution in [-0.4, -0.2) is 28.6 Å².